The van der Waals surface area contributed by atoms with E-state index in [0.717, 1.165) is 18.5 Å². The second kappa shape index (κ2) is 9.52. The molecule has 1 heteroatoms. The Morgan fingerprint density at radius 1 is 1.22 bits per heavy atom. The molecule has 0 amide bonds. The lowest BCUT2D eigenvalue weighted by Gasteiger charge is -2.09. The molecular formula is C17H27N. The molecule has 0 atom stereocenters. The van der Waals surface area contributed by atoms with E-state index in [9.17, 15) is 0 Å². The molecule has 1 nitrogen and oxygen atoms in total. The average Bonchev–Trinajstić information content (AvgIpc) is 2.36. The van der Waals surface area contributed by atoms with E-state index in [0.29, 0.717) is 5.92 Å². The quantitative estimate of drug-likeness (QED) is 0.480. The van der Waals surface area contributed by atoms with Crippen molar-refractivity contribution in [1.29, 1.82) is 0 Å². The molecule has 0 aromatic heterocycles. The Labute approximate surface area is 113 Å². The molecule has 0 rings (SSSR count). The van der Waals surface area contributed by atoms with Crippen LogP contribution in [0.3, 0.4) is 0 Å². The summed E-state index contributed by atoms with van der Waals surface area (Å²) in [6.07, 6.45) is 12.2. The second-order valence-electron chi connectivity index (χ2n) is 4.63. The third-order valence-electron chi connectivity index (χ3n) is 2.93. The molecular weight excluding hydrogens is 218 g/mol. The summed E-state index contributed by atoms with van der Waals surface area (Å²) < 4.78 is 0. The lowest BCUT2D eigenvalue weighted by Crippen LogP contribution is -2.02. The van der Waals surface area contributed by atoms with Crippen molar-refractivity contribution in [2.24, 2.45) is 5.92 Å². The highest BCUT2D eigenvalue weighted by molar-refractivity contribution is 5.28. The molecule has 0 unspecified atom stereocenters. The predicted molar refractivity (Wildman–Crippen MR) is 83.4 cm³/mol. The van der Waals surface area contributed by atoms with Crippen molar-refractivity contribution in [3.05, 3.63) is 60.4 Å². The van der Waals surface area contributed by atoms with Crippen LogP contribution in [0.4, 0.5) is 0 Å². The molecule has 0 aliphatic heterocycles. The van der Waals surface area contributed by atoms with E-state index >= 15 is 0 Å². The van der Waals surface area contributed by atoms with Crippen LogP contribution in [0.15, 0.2) is 60.4 Å². The molecule has 0 aromatic rings. The van der Waals surface area contributed by atoms with Crippen molar-refractivity contribution < 1.29 is 0 Å². The van der Waals surface area contributed by atoms with Crippen LogP contribution in [0.5, 0.6) is 0 Å². The normalized spacial score (nSPS) is 13.2. The van der Waals surface area contributed by atoms with Gasteiger partial charge in [-0.3, -0.25) is 0 Å². The lowest BCUT2D eigenvalue weighted by molar-refractivity contribution is 0.714. The Kier molecular flexibility index (Phi) is 8.73. The van der Waals surface area contributed by atoms with Crippen LogP contribution in [0.1, 0.15) is 33.6 Å². The first-order valence-electron chi connectivity index (χ1n) is 6.56. The average molecular weight is 245 g/mol. The van der Waals surface area contributed by atoms with Gasteiger partial charge in [0.25, 0.3) is 0 Å². The van der Waals surface area contributed by atoms with Crippen LogP contribution >= 0.6 is 0 Å². The van der Waals surface area contributed by atoms with Crippen molar-refractivity contribution >= 4 is 0 Å². The van der Waals surface area contributed by atoms with Gasteiger partial charge in [-0.1, -0.05) is 50.8 Å². The Hall–Kier alpha value is -1.50. The first-order chi connectivity index (χ1) is 8.54. The fourth-order valence-electron chi connectivity index (χ4n) is 1.45. The summed E-state index contributed by atoms with van der Waals surface area (Å²) >= 11 is 0. The maximum absolute atomic E-state index is 4.10. The Bertz CT molecular complexity index is 354. The monoisotopic (exact) mass is 245 g/mol. The maximum atomic E-state index is 4.10. The van der Waals surface area contributed by atoms with Gasteiger partial charge in [0.2, 0.25) is 0 Å². The minimum atomic E-state index is 0.558. The highest BCUT2D eigenvalue weighted by Gasteiger charge is 2.00. The van der Waals surface area contributed by atoms with Crippen LogP contribution in [-0.2, 0) is 0 Å². The van der Waals surface area contributed by atoms with E-state index in [-0.39, 0.29) is 0 Å². The molecule has 18 heavy (non-hydrogen) atoms. The van der Waals surface area contributed by atoms with Gasteiger partial charge in [0.05, 0.1) is 0 Å². The van der Waals surface area contributed by atoms with E-state index in [1.165, 1.54) is 11.1 Å². The van der Waals surface area contributed by atoms with Gasteiger partial charge in [0, 0.05) is 12.7 Å². The van der Waals surface area contributed by atoms with Crippen molar-refractivity contribution in [2.75, 3.05) is 7.05 Å². The van der Waals surface area contributed by atoms with E-state index in [4.69, 9.17) is 0 Å². The molecule has 0 aliphatic carbocycles. The van der Waals surface area contributed by atoms with Crippen molar-refractivity contribution in [3.8, 4) is 0 Å². The summed E-state index contributed by atoms with van der Waals surface area (Å²) in [5, 5.41) is 3.14. The molecule has 0 radical (unpaired) electrons. The number of nitrogens with one attached hydrogen (secondary N) is 1. The van der Waals surface area contributed by atoms with Gasteiger partial charge in [-0.25, -0.2) is 0 Å². The van der Waals surface area contributed by atoms with Crippen molar-refractivity contribution in [3.63, 3.8) is 0 Å². The van der Waals surface area contributed by atoms with E-state index in [2.05, 4.69) is 44.5 Å². The third-order valence-corrected chi connectivity index (χ3v) is 2.93. The van der Waals surface area contributed by atoms with E-state index in [1.54, 1.807) is 0 Å². The smallest absolute Gasteiger partial charge is 0.0334 e. The second-order valence-corrected chi connectivity index (χ2v) is 4.63. The summed E-state index contributed by atoms with van der Waals surface area (Å²) in [5.74, 6) is 0.558. The molecule has 0 fully saturated rings. The van der Waals surface area contributed by atoms with Crippen molar-refractivity contribution in [2.45, 2.75) is 33.6 Å². The molecule has 0 heterocycles. The number of hydrogen-bond donors (Lipinski definition) is 1. The van der Waals surface area contributed by atoms with Gasteiger partial charge in [-0.05, 0) is 43.4 Å². The van der Waals surface area contributed by atoms with Gasteiger partial charge in [-0.2, -0.15) is 0 Å². The first-order valence-corrected chi connectivity index (χ1v) is 6.56. The summed E-state index contributed by atoms with van der Waals surface area (Å²) in [5.41, 5.74) is 3.64. The zero-order valence-electron chi connectivity index (χ0n) is 12.3. The fraction of sp³-hybridized carbons (Fsp3) is 0.412. The summed E-state index contributed by atoms with van der Waals surface area (Å²) in [7, 11) is 1.92. The Balaban J connectivity index is 4.58. The fourth-order valence-corrected chi connectivity index (χ4v) is 1.45. The molecule has 0 aromatic carbocycles. The molecule has 0 aliphatic rings. The van der Waals surface area contributed by atoms with Crippen LogP contribution in [0.25, 0.3) is 0 Å². The molecule has 0 spiro atoms. The minimum absolute atomic E-state index is 0.558. The molecule has 0 bridgehead atoms. The van der Waals surface area contributed by atoms with Gasteiger partial charge in [0.15, 0.2) is 0 Å². The number of allylic oxidation sites excluding steroid dienone is 7. The first kappa shape index (κ1) is 16.5. The van der Waals surface area contributed by atoms with E-state index in [1.807, 2.05) is 32.2 Å². The largest absolute Gasteiger partial charge is 0.388 e. The van der Waals surface area contributed by atoms with Crippen LogP contribution in [-0.4, -0.2) is 7.05 Å². The molecule has 0 saturated carbocycles. The lowest BCUT2D eigenvalue weighted by atomic mass is 9.97. The Morgan fingerprint density at radius 2 is 1.89 bits per heavy atom. The topological polar surface area (TPSA) is 12.0 Å². The predicted octanol–water partition coefficient (Wildman–Crippen LogP) is 4.77. The van der Waals surface area contributed by atoms with Gasteiger partial charge < -0.3 is 5.32 Å². The van der Waals surface area contributed by atoms with Crippen LogP contribution in [0, 0.1) is 5.92 Å². The number of hydrogen-bond acceptors (Lipinski definition) is 1. The SMILES string of the molecule is C=C\C(=C/C=C(\C=C/C)NC)CCC(=C)C(C)C. The third kappa shape index (κ3) is 6.95. The summed E-state index contributed by atoms with van der Waals surface area (Å²) in [6.45, 7) is 14.3. The van der Waals surface area contributed by atoms with Gasteiger partial charge in [0.1, 0.15) is 0 Å². The highest BCUT2D eigenvalue weighted by Crippen LogP contribution is 2.17. The summed E-state index contributed by atoms with van der Waals surface area (Å²) in [4.78, 5) is 0. The Morgan fingerprint density at radius 3 is 2.33 bits per heavy atom. The van der Waals surface area contributed by atoms with Gasteiger partial charge >= 0.3 is 0 Å². The minimum Gasteiger partial charge on any atom is -0.388 e. The highest BCUT2D eigenvalue weighted by atomic mass is 14.8. The molecule has 100 valence electrons. The molecule has 0 saturated heterocycles. The summed E-state index contributed by atoms with van der Waals surface area (Å²) in [6, 6.07) is 0. The zero-order chi connectivity index (χ0) is 14.0. The number of likely N-dealkylation sites (N-methyl/N-ethyl adjacent to an activating group) is 1. The standard InChI is InChI=1S/C17H27N/c1-7-9-17(18-6)13-12-16(8-2)11-10-15(5)14(3)4/h7-9,12-14,18H,2,5,10-11H2,1,3-4,6H3/b9-7-,16-12+,17-13+. The zero-order valence-corrected chi connectivity index (χ0v) is 12.3. The molecule has 1 N–H and O–H groups in total. The number of rotatable bonds is 8. The maximum Gasteiger partial charge on any atom is 0.0334 e. The van der Waals surface area contributed by atoms with Gasteiger partial charge in [-0.15, -0.1) is 0 Å². The van der Waals surface area contributed by atoms with E-state index < -0.39 is 0 Å². The van der Waals surface area contributed by atoms with Crippen LogP contribution < -0.4 is 5.32 Å². The van der Waals surface area contributed by atoms with Crippen LogP contribution in [0.2, 0.25) is 0 Å². The van der Waals surface area contributed by atoms with Crippen molar-refractivity contribution in [1.82, 2.24) is 5.32 Å².